The summed E-state index contributed by atoms with van der Waals surface area (Å²) < 4.78 is 0. The van der Waals surface area contributed by atoms with Crippen LogP contribution >= 0.6 is 0 Å². The van der Waals surface area contributed by atoms with Crippen molar-refractivity contribution >= 4 is 0 Å². The molecule has 0 fully saturated rings. The quantitative estimate of drug-likeness (QED) is 0.411. The fourth-order valence-corrected chi connectivity index (χ4v) is 1.89. The van der Waals surface area contributed by atoms with E-state index in [9.17, 15) is 0 Å². The standard InChI is InChI=1S/2C7H8O.2C5H12O.Zr/c2*8-6-7-4-2-1-3-5-7;2*1-2-3-4-5-6;/h2*1-5,8H,6H2;2*6H,2-5H2,1H3;. The molecule has 164 valence electrons. The van der Waals surface area contributed by atoms with Gasteiger partial charge in [-0.25, -0.2) is 0 Å². The van der Waals surface area contributed by atoms with E-state index in [2.05, 4.69) is 13.8 Å². The number of hydrogen-bond donors (Lipinski definition) is 4. The Kier molecular flexibility index (Phi) is 33.2. The van der Waals surface area contributed by atoms with E-state index in [0.717, 1.165) is 36.8 Å². The van der Waals surface area contributed by atoms with Crippen LogP contribution in [0.25, 0.3) is 0 Å². The first-order valence-corrected chi connectivity index (χ1v) is 10.2. The van der Waals surface area contributed by atoms with Crippen molar-refractivity contribution in [2.45, 2.75) is 65.6 Å². The Labute approximate surface area is 196 Å². The molecule has 0 atom stereocenters. The molecular weight excluding hydrogens is 443 g/mol. The summed E-state index contributed by atoms with van der Waals surface area (Å²) in [6.45, 7) is 5.23. The smallest absolute Gasteiger partial charge is 0.0681 e. The van der Waals surface area contributed by atoms with Gasteiger partial charge in [0.1, 0.15) is 0 Å². The van der Waals surface area contributed by atoms with Crippen LogP contribution in [0, 0.1) is 0 Å². The molecule has 0 heterocycles. The fraction of sp³-hybridized carbons (Fsp3) is 0.500. The molecule has 0 radical (unpaired) electrons. The van der Waals surface area contributed by atoms with Gasteiger partial charge < -0.3 is 20.4 Å². The van der Waals surface area contributed by atoms with Crippen LogP contribution in [0.2, 0.25) is 0 Å². The minimum absolute atomic E-state index is 0. The number of unbranched alkanes of at least 4 members (excludes halogenated alkanes) is 4. The summed E-state index contributed by atoms with van der Waals surface area (Å²) in [6.07, 6.45) is 6.65. The molecule has 4 N–H and O–H groups in total. The molecular formula is C24H40O4Zr. The Morgan fingerprint density at radius 2 is 0.828 bits per heavy atom. The molecule has 0 aliphatic rings. The van der Waals surface area contributed by atoms with E-state index in [1.165, 1.54) is 12.8 Å². The second-order valence-corrected chi connectivity index (χ2v) is 6.15. The second-order valence-electron chi connectivity index (χ2n) is 6.15. The number of rotatable bonds is 8. The van der Waals surface area contributed by atoms with E-state index in [4.69, 9.17) is 20.4 Å². The zero-order valence-corrected chi connectivity index (χ0v) is 20.6. The number of hydrogen-bond acceptors (Lipinski definition) is 4. The van der Waals surface area contributed by atoms with Crippen LogP contribution in [0.3, 0.4) is 0 Å². The van der Waals surface area contributed by atoms with Crippen LogP contribution in [0.5, 0.6) is 0 Å². The van der Waals surface area contributed by atoms with Gasteiger partial charge in [0.25, 0.3) is 0 Å². The molecule has 5 heteroatoms. The van der Waals surface area contributed by atoms with E-state index in [1.54, 1.807) is 0 Å². The summed E-state index contributed by atoms with van der Waals surface area (Å²) in [7, 11) is 0. The van der Waals surface area contributed by atoms with Gasteiger partial charge in [-0.15, -0.1) is 0 Å². The van der Waals surface area contributed by atoms with Crippen LogP contribution in [0.4, 0.5) is 0 Å². The van der Waals surface area contributed by atoms with Crippen LogP contribution in [0.1, 0.15) is 63.5 Å². The van der Waals surface area contributed by atoms with Crippen molar-refractivity contribution in [2.24, 2.45) is 0 Å². The van der Waals surface area contributed by atoms with Gasteiger partial charge in [-0.1, -0.05) is 100 Å². The van der Waals surface area contributed by atoms with Gasteiger partial charge in [-0.2, -0.15) is 0 Å². The van der Waals surface area contributed by atoms with Gasteiger partial charge in [-0.05, 0) is 24.0 Å². The van der Waals surface area contributed by atoms with Crippen molar-refractivity contribution < 1.29 is 46.6 Å². The zero-order chi connectivity index (χ0) is 21.3. The third-order valence-electron chi connectivity index (χ3n) is 3.57. The van der Waals surface area contributed by atoms with Crippen molar-refractivity contribution in [3.05, 3.63) is 71.8 Å². The summed E-state index contributed by atoms with van der Waals surface area (Å²) in [6, 6.07) is 19.0. The van der Waals surface area contributed by atoms with E-state index in [1.807, 2.05) is 60.7 Å². The molecule has 0 aliphatic heterocycles. The summed E-state index contributed by atoms with van der Waals surface area (Å²) in [5, 5.41) is 33.5. The molecule has 2 aromatic carbocycles. The summed E-state index contributed by atoms with van der Waals surface area (Å²) in [4.78, 5) is 0. The monoisotopic (exact) mass is 482 g/mol. The minimum atomic E-state index is 0. The Balaban J connectivity index is -0.000000311. The van der Waals surface area contributed by atoms with Crippen LogP contribution in [-0.4, -0.2) is 33.6 Å². The zero-order valence-electron chi connectivity index (χ0n) is 18.1. The molecule has 2 rings (SSSR count). The van der Waals surface area contributed by atoms with E-state index >= 15 is 0 Å². The number of aliphatic hydroxyl groups is 4. The molecule has 0 amide bonds. The Morgan fingerprint density at radius 3 is 0.966 bits per heavy atom. The van der Waals surface area contributed by atoms with Gasteiger partial charge in [0.15, 0.2) is 0 Å². The molecule has 0 saturated carbocycles. The topological polar surface area (TPSA) is 80.9 Å². The van der Waals surface area contributed by atoms with Crippen molar-refractivity contribution in [3.8, 4) is 0 Å². The van der Waals surface area contributed by atoms with Crippen LogP contribution in [0.15, 0.2) is 60.7 Å². The van der Waals surface area contributed by atoms with Crippen molar-refractivity contribution in [3.63, 3.8) is 0 Å². The SMILES string of the molecule is CCCCCO.CCCCCO.OCc1ccccc1.OCc1ccccc1.[Zr]. The Bertz CT molecular complexity index is 439. The summed E-state index contributed by atoms with van der Waals surface area (Å²) >= 11 is 0. The maximum absolute atomic E-state index is 8.54. The predicted molar refractivity (Wildman–Crippen MR) is 118 cm³/mol. The number of benzene rings is 2. The first-order chi connectivity index (χ1) is 13.7. The maximum Gasteiger partial charge on any atom is 0.0681 e. The van der Waals surface area contributed by atoms with Gasteiger partial charge in [0.2, 0.25) is 0 Å². The second kappa shape index (κ2) is 29.4. The van der Waals surface area contributed by atoms with Crippen molar-refractivity contribution in [2.75, 3.05) is 13.2 Å². The van der Waals surface area contributed by atoms with Crippen LogP contribution < -0.4 is 0 Å². The average Bonchev–Trinajstić information content (AvgIpc) is 2.78. The number of aliphatic hydroxyl groups excluding tert-OH is 4. The molecule has 4 nitrogen and oxygen atoms in total. The third kappa shape index (κ3) is 27.2. The largest absolute Gasteiger partial charge is 0.396 e. The van der Waals surface area contributed by atoms with Gasteiger partial charge in [-0.3, -0.25) is 0 Å². The summed E-state index contributed by atoms with van der Waals surface area (Å²) in [5.74, 6) is 0. The Morgan fingerprint density at radius 1 is 0.517 bits per heavy atom. The average molecular weight is 484 g/mol. The predicted octanol–water partition coefficient (Wildman–Crippen LogP) is 4.69. The van der Waals surface area contributed by atoms with E-state index in [-0.39, 0.29) is 39.4 Å². The summed E-state index contributed by atoms with van der Waals surface area (Å²) in [5.41, 5.74) is 1.93. The fourth-order valence-electron chi connectivity index (χ4n) is 1.89. The minimum Gasteiger partial charge on any atom is -0.396 e. The van der Waals surface area contributed by atoms with Gasteiger partial charge in [0, 0.05) is 39.4 Å². The van der Waals surface area contributed by atoms with E-state index < -0.39 is 0 Å². The molecule has 0 aromatic heterocycles. The van der Waals surface area contributed by atoms with Crippen molar-refractivity contribution in [1.82, 2.24) is 0 Å². The van der Waals surface area contributed by atoms with Gasteiger partial charge in [0.05, 0.1) is 13.2 Å². The van der Waals surface area contributed by atoms with E-state index in [0.29, 0.717) is 13.2 Å². The van der Waals surface area contributed by atoms with Crippen molar-refractivity contribution in [1.29, 1.82) is 0 Å². The van der Waals surface area contributed by atoms with Crippen LogP contribution in [-0.2, 0) is 39.4 Å². The molecule has 2 aromatic rings. The molecule has 0 aliphatic carbocycles. The molecule has 0 saturated heterocycles. The molecule has 0 bridgehead atoms. The maximum atomic E-state index is 8.54. The Hall–Kier alpha value is -0.837. The molecule has 0 unspecified atom stereocenters. The first-order valence-electron chi connectivity index (χ1n) is 10.2. The molecule has 29 heavy (non-hydrogen) atoms. The van der Waals surface area contributed by atoms with Gasteiger partial charge >= 0.3 is 0 Å². The first kappa shape index (κ1) is 32.8. The third-order valence-corrected chi connectivity index (χ3v) is 3.57. The molecule has 0 spiro atoms. The normalized spacial score (nSPS) is 8.76.